The maximum atomic E-state index is 12.1. The summed E-state index contributed by atoms with van der Waals surface area (Å²) in [6, 6.07) is 3.77. The topological polar surface area (TPSA) is 88.2 Å². The van der Waals surface area contributed by atoms with E-state index in [2.05, 4.69) is 10.3 Å². The van der Waals surface area contributed by atoms with Gasteiger partial charge in [-0.3, -0.25) is 4.79 Å². The molecule has 0 aromatic carbocycles. The Morgan fingerprint density at radius 1 is 1.55 bits per heavy atom. The summed E-state index contributed by atoms with van der Waals surface area (Å²) in [6.45, 7) is 4.25. The first-order chi connectivity index (χ1) is 9.52. The molecule has 0 fully saturated rings. The van der Waals surface area contributed by atoms with Crippen LogP contribution in [0.4, 0.5) is 5.69 Å². The van der Waals surface area contributed by atoms with Gasteiger partial charge in [-0.1, -0.05) is 6.92 Å². The van der Waals surface area contributed by atoms with Crippen LogP contribution in [0.1, 0.15) is 35.1 Å². The fourth-order valence-electron chi connectivity index (χ4n) is 1.90. The molecular weight excluding hydrogens is 274 g/mol. The summed E-state index contributed by atoms with van der Waals surface area (Å²) in [5.74, 6) is -0.202. The van der Waals surface area contributed by atoms with Crippen LogP contribution >= 0.6 is 11.3 Å². The van der Waals surface area contributed by atoms with Gasteiger partial charge in [0.05, 0.1) is 11.8 Å². The fourth-order valence-corrected chi connectivity index (χ4v) is 2.95. The second kappa shape index (κ2) is 6.19. The number of rotatable bonds is 5. The highest BCUT2D eigenvalue weighted by molar-refractivity contribution is 7.21. The maximum Gasteiger partial charge on any atom is 0.263 e. The van der Waals surface area contributed by atoms with E-state index >= 15 is 0 Å². The van der Waals surface area contributed by atoms with Crippen LogP contribution in [-0.4, -0.2) is 28.6 Å². The molecular formula is C14H19N3O2S. The second-order valence-corrected chi connectivity index (χ2v) is 5.76. The Labute approximate surface area is 121 Å². The number of aliphatic hydroxyl groups excluding tert-OH is 1. The highest BCUT2D eigenvalue weighted by atomic mass is 32.1. The second-order valence-electron chi connectivity index (χ2n) is 4.76. The summed E-state index contributed by atoms with van der Waals surface area (Å²) in [6.07, 6.45) is 0.855. The molecule has 2 rings (SSSR count). The molecule has 2 aromatic heterocycles. The average molecular weight is 293 g/mol. The van der Waals surface area contributed by atoms with E-state index < -0.39 is 0 Å². The third-order valence-electron chi connectivity index (χ3n) is 3.17. The first kappa shape index (κ1) is 14.7. The van der Waals surface area contributed by atoms with Crippen molar-refractivity contribution in [1.29, 1.82) is 0 Å². The van der Waals surface area contributed by atoms with Crippen molar-refractivity contribution < 1.29 is 9.90 Å². The maximum absolute atomic E-state index is 12.1. The van der Waals surface area contributed by atoms with Crippen LogP contribution in [-0.2, 0) is 0 Å². The Morgan fingerprint density at radius 2 is 2.30 bits per heavy atom. The number of thiophene rings is 1. The first-order valence-corrected chi connectivity index (χ1v) is 7.46. The molecule has 2 heterocycles. The minimum atomic E-state index is -0.376. The summed E-state index contributed by atoms with van der Waals surface area (Å²) in [5.41, 5.74) is 7.39. The number of carbonyl (C=O) groups is 1. The number of aromatic nitrogens is 1. The summed E-state index contributed by atoms with van der Waals surface area (Å²) in [4.78, 5) is 17.7. The lowest BCUT2D eigenvalue weighted by molar-refractivity contribution is 0.0947. The smallest absolute Gasteiger partial charge is 0.263 e. The molecule has 1 amide bonds. The van der Waals surface area contributed by atoms with Gasteiger partial charge in [0.25, 0.3) is 5.91 Å². The summed E-state index contributed by atoms with van der Waals surface area (Å²) in [5, 5.41) is 13.1. The SMILES string of the molecule is CCC(O)CCNC(=O)c1sc2nc(C)ccc2c1N. The van der Waals surface area contributed by atoms with Crippen molar-refractivity contribution in [3.8, 4) is 0 Å². The van der Waals surface area contributed by atoms with Crippen molar-refractivity contribution in [2.75, 3.05) is 12.3 Å². The third kappa shape index (κ3) is 3.08. The summed E-state index contributed by atoms with van der Waals surface area (Å²) >= 11 is 1.30. The van der Waals surface area contributed by atoms with Crippen LogP contribution < -0.4 is 11.1 Å². The van der Waals surface area contributed by atoms with Gasteiger partial charge in [-0.15, -0.1) is 11.3 Å². The van der Waals surface area contributed by atoms with E-state index in [1.807, 2.05) is 26.0 Å². The highest BCUT2D eigenvalue weighted by Crippen LogP contribution is 2.32. The van der Waals surface area contributed by atoms with E-state index in [1.54, 1.807) is 0 Å². The Hall–Kier alpha value is -1.66. The van der Waals surface area contributed by atoms with Gasteiger partial charge in [0.2, 0.25) is 0 Å². The zero-order valence-corrected chi connectivity index (χ0v) is 12.5. The molecule has 108 valence electrons. The Kier molecular flexibility index (Phi) is 4.57. The van der Waals surface area contributed by atoms with Crippen molar-refractivity contribution in [2.45, 2.75) is 32.8 Å². The zero-order chi connectivity index (χ0) is 14.7. The first-order valence-electron chi connectivity index (χ1n) is 6.64. The molecule has 0 bridgehead atoms. The number of pyridine rings is 1. The molecule has 5 nitrogen and oxygen atoms in total. The van der Waals surface area contributed by atoms with E-state index in [1.165, 1.54) is 11.3 Å². The van der Waals surface area contributed by atoms with Crippen LogP contribution in [0.2, 0.25) is 0 Å². The van der Waals surface area contributed by atoms with Crippen molar-refractivity contribution >= 4 is 33.1 Å². The lowest BCUT2D eigenvalue weighted by atomic mass is 10.2. The number of nitrogens with two attached hydrogens (primary N) is 1. The molecule has 0 radical (unpaired) electrons. The number of nitrogens with one attached hydrogen (secondary N) is 1. The lowest BCUT2D eigenvalue weighted by Gasteiger charge is -2.08. The Balaban J connectivity index is 2.12. The van der Waals surface area contributed by atoms with Crippen molar-refractivity contribution in [1.82, 2.24) is 10.3 Å². The number of nitrogen functional groups attached to an aromatic ring is 1. The number of hydrogen-bond donors (Lipinski definition) is 3. The van der Waals surface area contributed by atoms with Crippen molar-refractivity contribution in [2.24, 2.45) is 0 Å². The minimum Gasteiger partial charge on any atom is -0.397 e. The van der Waals surface area contributed by atoms with E-state index in [0.717, 1.165) is 15.9 Å². The van der Waals surface area contributed by atoms with E-state index in [-0.39, 0.29) is 12.0 Å². The minimum absolute atomic E-state index is 0.202. The van der Waals surface area contributed by atoms with Crippen LogP contribution in [0.25, 0.3) is 10.2 Å². The van der Waals surface area contributed by atoms with Gasteiger partial charge < -0.3 is 16.2 Å². The number of anilines is 1. The molecule has 4 N–H and O–H groups in total. The predicted molar refractivity (Wildman–Crippen MR) is 82.0 cm³/mol. The van der Waals surface area contributed by atoms with Crippen LogP contribution in [0, 0.1) is 6.92 Å². The zero-order valence-electron chi connectivity index (χ0n) is 11.6. The molecule has 0 aliphatic rings. The van der Waals surface area contributed by atoms with E-state index in [4.69, 9.17) is 5.73 Å². The molecule has 1 unspecified atom stereocenters. The van der Waals surface area contributed by atoms with Crippen LogP contribution in [0.15, 0.2) is 12.1 Å². The molecule has 0 saturated carbocycles. The van der Waals surface area contributed by atoms with Crippen LogP contribution in [0.3, 0.4) is 0 Å². The van der Waals surface area contributed by atoms with Crippen molar-refractivity contribution in [3.63, 3.8) is 0 Å². The summed E-state index contributed by atoms with van der Waals surface area (Å²) in [7, 11) is 0. The Bertz CT molecular complexity index is 624. The average Bonchev–Trinajstić information content (AvgIpc) is 2.75. The molecule has 2 aromatic rings. The van der Waals surface area contributed by atoms with E-state index in [0.29, 0.717) is 30.0 Å². The number of nitrogens with zero attached hydrogens (tertiary/aromatic N) is 1. The normalized spacial score (nSPS) is 12.6. The molecule has 20 heavy (non-hydrogen) atoms. The predicted octanol–water partition coefficient (Wildman–Crippen LogP) is 2.08. The number of aryl methyl sites for hydroxylation is 1. The van der Waals surface area contributed by atoms with Crippen LogP contribution in [0.5, 0.6) is 0 Å². The number of amides is 1. The largest absolute Gasteiger partial charge is 0.397 e. The lowest BCUT2D eigenvalue weighted by Crippen LogP contribution is -2.26. The standard InChI is InChI=1S/C14H19N3O2S/c1-3-9(18)6-7-16-13(19)12-11(15)10-5-4-8(2)17-14(10)20-12/h4-5,9,18H,3,6-7,15H2,1-2H3,(H,16,19). The molecule has 0 saturated heterocycles. The van der Waals surface area contributed by atoms with Gasteiger partial charge in [0, 0.05) is 17.6 Å². The Morgan fingerprint density at radius 3 is 3.00 bits per heavy atom. The van der Waals surface area contributed by atoms with Gasteiger partial charge in [-0.05, 0) is 31.9 Å². The summed E-state index contributed by atoms with van der Waals surface area (Å²) < 4.78 is 0. The van der Waals surface area contributed by atoms with Gasteiger partial charge in [0.15, 0.2) is 0 Å². The molecule has 0 aliphatic heterocycles. The quantitative estimate of drug-likeness (QED) is 0.787. The fraction of sp³-hybridized carbons (Fsp3) is 0.429. The number of fused-ring (bicyclic) bond motifs is 1. The molecule has 6 heteroatoms. The number of aliphatic hydroxyl groups is 1. The van der Waals surface area contributed by atoms with Gasteiger partial charge in [-0.25, -0.2) is 4.98 Å². The molecule has 1 atom stereocenters. The van der Waals surface area contributed by atoms with Gasteiger partial charge >= 0.3 is 0 Å². The monoisotopic (exact) mass is 293 g/mol. The van der Waals surface area contributed by atoms with Crippen molar-refractivity contribution in [3.05, 3.63) is 22.7 Å². The van der Waals surface area contributed by atoms with Gasteiger partial charge in [0.1, 0.15) is 9.71 Å². The van der Waals surface area contributed by atoms with Gasteiger partial charge in [-0.2, -0.15) is 0 Å². The number of hydrogen-bond acceptors (Lipinski definition) is 5. The number of carbonyl (C=O) groups excluding carboxylic acids is 1. The highest BCUT2D eigenvalue weighted by Gasteiger charge is 2.17. The van der Waals surface area contributed by atoms with E-state index in [9.17, 15) is 9.90 Å². The third-order valence-corrected chi connectivity index (χ3v) is 4.29. The molecule has 0 aliphatic carbocycles. The molecule has 0 spiro atoms.